The van der Waals surface area contributed by atoms with Gasteiger partial charge in [0, 0.05) is 6.04 Å². The molecule has 15 heavy (non-hydrogen) atoms. The average molecular weight is 225 g/mol. The van der Waals surface area contributed by atoms with Crippen LogP contribution in [-0.4, -0.2) is 24.9 Å². The molecule has 0 amide bonds. The van der Waals surface area contributed by atoms with E-state index >= 15 is 0 Å². The van der Waals surface area contributed by atoms with Crippen molar-refractivity contribution in [1.82, 2.24) is 0 Å². The first-order chi connectivity index (χ1) is 6.72. The minimum atomic E-state index is -4.14. The number of nitrogens with two attached hydrogens (primary N) is 1. The van der Waals surface area contributed by atoms with Crippen LogP contribution < -0.4 is 5.73 Å². The van der Waals surface area contributed by atoms with E-state index in [1.807, 2.05) is 13.8 Å². The summed E-state index contributed by atoms with van der Waals surface area (Å²) in [7, 11) is 0. The highest BCUT2D eigenvalue weighted by atomic mass is 19.4. The fourth-order valence-electron chi connectivity index (χ4n) is 1.88. The topological polar surface area (TPSA) is 35.2 Å². The molecule has 2 nitrogen and oxygen atoms in total. The van der Waals surface area contributed by atoms with Crippen molar-refractivity contribution in [2.45, 2.75) is 51.4 Å². The summed E-state index contributed by atoms with van der Waals surface area (Å²) >= 11 is 0. The molecule has 0 aromatic heterocycles. The molecule has 1 rings (SSSR count). The predicted molar refractivity (Wildman–Crippen MR) is 51.4 cm³/mol. The SMILES string of the molecule is CC1(C)CCC(OCCC(F)(F)F)C1N. The maximum absolute atomic E-state index is 11.9. The third-order valence-electron chi connectivity index (χ3n) is 3.09. The molecule has 0 radical (unpaired) electrons. The summed E-state index contributed by atoms with van der Waals surface area (Å²) in [6, 6.07) is -0.161. The maximum atomic E-state index is 11.9. The summed E-state index contributed by atoms with van der Waals surface area (Å²) in [5.41, 5.74) is 5.88. The van der Waals surface area contributed by atoms with Crippen LogP contribution in [0.3, 0.4) is 0 Å². The summed E-state index contributed by atoms with van der Waals surface area (Å²) in [6.07, 6.45) is -3.59. The molecular weight excluding hydrogens is 207 g/mol. The van der Waals surface area contributed by atoms with Crippen molar-refractivity contribution in [2.24, 2.45) is 11.1 Å². The van der Waals surface area contributed by atoms with Crippen LogP contribution in [0, 0.1) is 5.41 Å². The lowest BCUT2D eigenvalue weighted by atomic mass is 9.88. The molecule has 0 aromatic carbocycles. The minimum Gasteiger partial charge on any atom is -0.376 e. The van der Waals surface area contributed by atoms with E-state index in [2.05, 4.69) is 0 Å². The lowest BCUT2D eigenvalue weighted by Crippen LogP contribution is -2.41. The molecule has 0 aromatic rings. The summed E-state index contributed by atoms with van der Waals surface area (Å²) in [4.78, 5) is 0. The molecule has 0 saturated heterocycles. The quantitative estimate of drug-likeness (QED) is 0.800. The molecule has 2 N–H and O–H groups in total. The highest BCUT2D eigenvalue weighted by Gasteiger charge is 2.40. The normalized spacial score (nSPS) is 30.8. The van der Waals surface area contributed by atoms with Crippen LogP contribution in [0.4, 0.5) is 13.2 Å². The van der Waals surface area contributed by atoms with Gasteiger partial charge in [0.15, 0.2) is 0 Å². The number of ether oxygens (including phenoxy) is 1. The standard InChI is InChI=1S/C10H18F3NO/c1-9(2)4-3-7(8(9)14)15-6-5-10(11,12)13/h7-8H,3-6,14H2,1-2H3. The number of hydrogen-bond acceptors (Lipinski definition) is 2. The molecule has 0 spiro atoms. The zero-order valence-electron chi connectivity index (χ0n) is 9.10. The molecule has 1 fully saturated rings. The summed E-state index contributed by atoms with van der Waals surface area (Å²) < 4.78 is 40.8. The highest BCUT2D eigenvalue weighted by Crippen LogP contribution is 2.37. The second kappa shape index (κ2) is 4.29. The second-order valence-electron chi connectivity index (χ2n) is 4.83. The molecule has 1 aliphatic carbocycles. The number of rotatable bonds is 3. The average Bonchev–Trinajstić information content (AvgIpc) is 2.29. The molecule has 0 aliphatic heterocycles. The van der Waals surface area contributed by atoms with Gasteiger partial charge >= 0.3 is 6.18 Å². The largest absolute Gasteiger partial charge is 0.391 e. The summed E-state index contributed by atoms with van der Waals surface area (Å²) in [5.74, 6) is 0. The van der Waals surface area contributed by atoms with E-state index in [1.54, 1.807) is 0 Å². The molecule has 90 valence electrons. The number of alkyl halides is 3. The highest BCUT2D eigenvalue weighted by molar-refractivity contribution is 4.95. The van der Waals surface area contributed by atoms with Crippen molar-refractivity contribution in [1.29, 1.82) is 0 Å². The fraction of sp³-hybridized carbons (Fsp3) is 1.00. The van der Waals surface area contributed by atoms with E-state index in [4.69, 9.17) is 10.5 Å². The van der Waals surface area contributed by atoms with Crippen molar-refractivity contribution in [3.8, 4) is 0 Å². The van der Waals surface area contributed by atoms with Gasteiger partial charge in [-0.25, -0.2) is 0 Å². The smallest absolute Gasteiger partial charge is 0.376 e. The van der Waals surface area contributed by atoms with Crippen molar-refractivity contribution in [3.05, 3.63) is 0 Å². The van der Waals surface area contributed by atoms with Crippen molar-refractivity contribution >= 4 is 0 Å². The Hall–Kier alpha value is -0.290. The zero-order valence-corrected chi connectivity index (χ0v) is 9.10. The molecule has 1 saturated carbocycles. The van der Waals surface area contributed by atoms with Crippen LogP contribution >= 0.6 is 0 Å². The van der Waals surface area contributed by atoms with Gasteiger partial charge < -0.3 is 10.5 Å². The second-order valence-corrected chi connectivity index (χ2v) is 4.83. The third-order valence-corrected chi connectivity index (χ3v) is 3.09. The van der Waals surface area contributed by atoms with Crippen molar-refractivity contribution in [2.75, 3.05) is 6.61 Å². The van der Waals surface area contributed by atoms with Crippen molar-refractivity contribution in [3.63, 3.8) is 0 Å². The van der Waals surface area contributed by atoms with Crippen LogP contribution in [0.15, 0.2) is 0 Å². The Bertz CT molecular complexity index is 215. The van der Waals surface area contributed by atoms with E-state index in [9.17, 15) is 13.2 Å². The van der Waals surface area contributed by atoms with Gasteiger partial charge in [-0.2, -0.15) is 13.2 Å². The van der Waals surface area contributed by atoms with E-state index < -0.39 is 12.6 Å². The van der Waals surface area contributed by atoms with Gasteiger partial charge in [0.1, 0.15) is 0 Å². The predicted octanol–water partition coefficient (Wildman–Crippen LogP) is 2.47. The minimum absolute atomic E-state index is 0.0249. The number of halogens is 3. The zero-order chi connectivity index (χ0) is 11.7. The summed E-state index contributed by atoms with van der Waals surface area (Å²) in [6.45, 7) is 3.76. The van der Waals surface area contributed by atoms with Gasteiger partial charge in [-0.3, -0.25) is 0 Å². The Balaban J connectivity index is 2.30. The fourth-order valence-corrected chi connectivity index (χ4v) is 1.88. The molecule has 2 atom stereocenters. The molecule has 0 bridgehead atoms. The Morgan fingerprint density at radius 3 is 2.40 bits per heavy atom. The van der Waals surface area contributed by atoms with Gasteiger partial charge in [-0.1, -0.05) is 13.8 Å². The first-order valence-electron chi connectivity index (χ1n) is 5.16. The van der Waals surface area contributed by atoms with E-state index in [0.717, 1.165) is 12.8 Å². The van der Waals surface area contributed by atoms with Crippen LogP contribution in [0.2, 0.25) is 0 Å². The van der Waals surface area contributed by atoms with Crippen LogP contribution in [-0.2, 0) is 4.74 Å². The molecule has 2 unspecified atom stereocenters. The van der Waals surface area contributed by atoms with Gasteiger partial charge in [-0.15, -0.1) is 0 Å². The van der Waals surface area contributed by atoms with Crippen molar-refractivity contribution < 1.29 is 17.9 Å². The monoisotopic (exact) mass is 225 g/mol. The van der Waals surface area contributed by atoms with Crippen LogP contribution in [0.25, 0.3) is 0 Å². The molecule has 5 heteroatoms. The van der Waals surface area contributed by atoms with E-state index in [-0.39, 0.29) is 24.2 Å². The first kappa shape index (κ1) is 12.8. The Morgan fingerprint density at radius 1 is 1.40 bits per heavy atom. The molecule has 0 heterocycles. The van der Waals surface area contributed by atoms with Gasteiger partial charge in [0.05, 0.1) is 19.1 Å². The summed E-state index contributed by atoms with van der Waals surface area (Å²) in [5, 5.41) is 0. The number of hydrogen-bond donors (Lipinski definition) is 1. The van der Waals surface area contributed by atoms with E-state index in [1.165, 1.54) is 0 Å². The van der Waals surface area contributed by atoms with E-state index in [0.29, 0.717) is 0 Å². The van der Waals surface area contributed by atoms with Gasteiger partial charge in [0.2, 0.25) is 0 Å². The lowest BCUT2D eigenvalue weighted by Gasteiger charge is -2.26. The Morgan fingerprint density at radius 2 is 2.00 bits per heavy atom. The van der Waals surface area contributed by atoms with Crippen LogP contribution in [0.1, 0.15) is 33.1 Å². The van der Waals surface area contributed by atoms with Gasteiger partial charge in [0.25, 0.3) is 0 Å². The first-order valence-corrected chi connectivity index (χ1v) is 5.16. The Labute approximate surface area is 88.0 Å². The molecular formula is C10H18F3NO. The third kappa shape index (κ3) is 3.65. The maximum Gasteiger partial charge on any atom is 0.391 e. The molecule has 1 aliphatic rings. The lowest BCUT2D eigenvalue weighted by molar-refractivity contribution is -0.149. The van der Waals surface area contributed by atoms with Gasteiger partial charge in [-0.05, 0) is 18.3 Å². The Kier molecular flexibility index (Phi) is 3.66. The van der Waals surface area contributed by atoms with Crippen LogP contribution in [0.5, 0.6) is 0 Å².